The normalized spacial score (nSPS) is 17.0. The number of ether oxygens (including phenoxy) is 1. The highest BCUT2D eigenvalue weighted by Gasteiger charge is 2.41. The van der Waals surface area contributed by atoms with Crippen molar-refractivity contribution in [2.75, 3.05) is 24.3 Å². The Labute approximate surface area is 218 Å². The number of rotatable bonds is 6. The number of sulfonamides is 1. The summed E-state index contributed by atoms with van der Waals surface area (Å²) in [6.07, 6.45) is 2.31. The predicted octanol–water partition coefficient (Wildman–Crippen LogP) is 4.09. The maximum Gasteiger partial charge on any atom is 0.268 e. The number of carbonyl (C=O) groups is 1. The molecule has 10 heteroatoms. The number of nitrogens with zero attached hydrogens (tertiary/aromatic N) is 3. The lowest BCUT2D eigenvalue weighted by molar-refractivity contribution is 0.0981. The van der Waals surface area contributed by atoms with Gasteiger partial charge in [0.15, 0.2) is 0 Å². The van der Waals surface area contributed by atoms with Crippen LogP contribution in [0, 0.1) is 19.8 Å². The molecule has 1 atom stereocenters. The van der Waals surface area contributed by atoms with Crippen molar-refractivity contribution in [3.63, 3.8) is 0 Å². The topological polar surface area (TPSA) is 128 Å². The van der Waals surface area contributed by atoms with Gasteiger partial charge in [-0.15, -0.1) is 0 Å². The first-order chi connectivity index (χ1) is 17.4. The molecule has 3 N–H and O–H groups in total. The van der Waals surface area contributed by atoms with E-state index in [2.05, 4.69) is 35.4 Å². The lowest BCUT2D eigenvalue weighted by Crippen LogP contribution is -2.43. The first-order valence-electron chi connectivity index (χ1n) is 12.1. The second-order valence-electron chi connectivity index (χ2n) is 9.95. The van der Waals surface area contributed by atoms with Crippen LogP contribution in [0.25, 0.3) is 11.3 Å². The van der Waals surface area contributed by atoms with E-state index in [4.69, 9.17) is 15.5 Å². The van der Waals surface area contributed by atoms with E-state index in [0.29, 0.717) is 24.0 Å². The second kappa shape index (κ2) is 9.66. The minimum absolute atomic E-state index is 0.167. The Morgan fingerprint density at radius 1 is 1.16 bits per heavy atom. The predicted molar refractivity (Wildman–Crippen MR) is 144 cm³/mol. The summed E-state index contributed by atoms with van der Waals surface area (Å²) < 4.78 is 33.6. The number of anilines is 2. The van der Waals surface area contributed by atoms with Crippen molar-refractivity contribution in [1.82, 2.24) is 14.7 Å². The van der Waals surface area contributed by atoms with Crippen LogP contribution in [-0.2, 0) is 10.0 Å². The Hall–Kier alpha value is -3.66. The zero-order valence-electron chi connectivity index (χ0n) is 22.0. The standard InChI is InChI=1S/C27H33N5O4S/c1-16-13-15-32(27(16,4)5)25-20(26(33)31-37(34,35)23-8-7-14-29-24(23)28)9-11-21(30-25)19-10-12-22(36-6)18(3)17(19)2/h7-12,14,16H,13,15H2,1-6H3,(H2,28,29)(H,31,33). The largest absolute Gasteiger partial charge is 0.496 e. The van der Waals surface area contributed by atoms with Crippen molar-refractivity contribution in [1.29, 1.82) is 0 Å². The molecule has 2 aromatic heterocycles. The van der Waals surface area contributed by atoms with Crippen molar-refractivity contribution in [3.05, 3.63) is 59.3 Å². The van der Waals surface area contributed by atoms with Crippen molar-refractivity contribution in [2.45, 2.75) is 51.5 Å². The smallest absolute Gasteiger partial charge is 0.268 e. The molecule has 9 nitrogen and oxygen atoms in total. The molecular weight excluding hydrogens is 490 g/mol. The number of benzene rings is 1. The number of nitrogens with two attached hydrogens (primary N) is 1. The fraction of sp³-hybridized carbons (Fsp3) is 0.370. The molecule has 3 heterocycles. The van der Waals surface area contributed by atoms with E-state index in [9.17, 15) is 13.2 Å². The fourth-order valence-electron chi connectivity index (χ4n) is 4.75. The lowest BCUT2D eigenvalue weighted by Gasteiger charge is -2.36. The average molecular weight is 524 g/mol. The summed E-state index contributed by atoms with van der Waals surface area (Å²) in [5.74, 6) is 0.600. The highest BCUT2D eigenvalue weighted by molar-refractivity contribution is 7.90. The van der Waals surface area contributed by atoms with Crippen LogP contribution in [0.5, 0.6) is 5.75 Å². The summed E-state index contributed by atoms with van der Waals surface area (Å²) in [7, 11) is -2.61. The summed E-state index contributed by atoms with van der Waals surface area (Å²) in [4.78, 5) is 24.0. The molecule has 0 aliphatic carbocycles. The molecule has 3 aromatic rings. The van der Waals surface area contributed by atoms with Gasteiger partial charge >= 0.3 is 0 Å². The number of hydrogen-bond acceptors (Lipinski definition) is 8. The molecule has 0 saturated carbocycles. The molecule has 1 aromatic carbocycles. The molecule has 1 aliphatic rings. The number of hydrogen-bond donors (Lipinski definition) is 2. The van der Waals surface area contributed by atoms with E-state index in [-0.39, 0.29) is 21.8 Å². The number of nitrogens with one attached hydrogen (secondary N) is 1. The second-order valence-corrected chi connectivity index (χ2v) is 11.6. The molecule has 1 amide bonds. The van der Waals surface area contributed by atoms with Crippen LogP contribution in [0.2, 0.25) is 0 Å². The third-order valence-electron chi connectivity index (χ3n) is 7.61. The van der Waals surface area contributed by atoms with E-state index in [1.807, 2.05) is 26.0 Å². The van der Waals surface area contributed by atoms with Gasteiger partial charge < -0.3 is 15.4 Å². The zero-order valence-corrected chi connectivity index (χ0v) is 22.8. The van der Waals surface area contributed by atoms with Crippen molar-refractivity contribution in [3.8, 4) is 17.0 Å². The molecule has 1 aliphatic heterocycles. The molecule has 37 heavy (non-hydrogen) atoms. The number of amides is 1. The Morgan fingerprint density at radius 2 is 1.89 bits per heavy atom. The van der Waals surface area contributed by atoms with Crippen molar-refractivity contribution < 1.29 is 17.9 Å². The lowest BCUT2D eigenvalue weighted by atomic mass is 9.90. The Morgan fingerprint density at radius 3 is 2.51 bits per heavy atom. The van der Waals surface area contributed by atoms with E-state index in [1.165, 1.54) is 18.3 Å². The SMILES string of the molecule is COc1ccc(-c2ccc(C(=O)NS(=O)(=O)c3cccnc3N)c(N3CCC(C)C3(C)C)n2)c(C)c1C. The summed E-state index contributed by atoms with van der Waals surface area (Å²) >= 11 is 0. The van der Waals surface area contributed by atoms with Gasteiger partial charge in [0.05, 0.1) is 18.4 Å². The number of pyridine rings is 2. The Bertz CT molecular complexity index is 1470. The summed E-state index contributed by atoms with van der Waals surface area (Å²) in [6.45, 7) is 11.1. The first-order valence-corrected chi connectivity index (χ1v) is 13.6. The third-order valence-corrected chi connectivity index (χ3v) is 8.99. The fourth-order valence-corrected chi connectivity index (χ4v) is 5.80. The van der Waals surface area contributed by atoms with Gasteiger partial charge in [0.2, 0.25) is 0 Å². The molecule has 1 saturated heterocycles. The van der Waals surface area contributed by atoms with Crippen LogP contribution in [0.3, 0.4) is 0 Å². The van der Waals surface area contributed by atoms with Crippen LogP contribution >= 0.6 is 0 Å². The average Bonchev–Trinajstić information content (AvgIpc) is 3.12. The number of nitrogen functional groups attached to an aromatic ring is 1. The first kappa shape index (κ1) is 26.4. The quantitative estimate of drug-likeness (QED) is 0.494. The molecule has 1 fully saturated rings. The van der Waals surface area contributed by atoms with Gasteiger partial charge in [0.1, 0.15) is 22.3 Å². The van der Waals surface area contributed by atoms with Gasteiger partial charge in [0.25, 0.3) is 15.9 Å². The van der Waals surface area contributed by atoms with Crippen LogP contribution in [-0.4, -0.2) is 43.5 Å². The Balaban J connectivity index is 1.82. The molecule has 1 unspecified atom stereocenters. The Kier molecular flexibility index (Phi) is 6.89. The number of aromatic nitrogens is 2. The van der Waals surface area contributed by atoms with E-state index in [0.717, 1.165) is 28.9 Å². The van der Waals surface area contributed by atoms with E-state index in [1.54, 1.807) is 19.2 Å². The molecular formula is C27H33N5O4S. The summed E-state index contributed by atoms with van der Waals surface area (Å²) in [5, 5.41) is 0. The van der Waals surface area contributed by atoms with Crippen molar-refractivity contribution >= 4 is 27.6 Å². The van der Waals surface area contributed by atoms with E-state index >= 15 is 0 Å². The highest BCUT2D eigenvalue weighted by Crippen LogP contribution is 2.40. The van der Waals surface area contributed by atoms with Gasteiger partial charge in [-0.05, 0) is 87.6 Å². The molecule has 0 spiro atoms. The molecule has 0 radical (unpaired) electrons. The maximum atomic E-state index is 13.4. The molecule has 4 rings (SSSR count). The highest BCUT2D eigenvalue weighted by atomic mass is 32.2. The number of carbonyl (C=O) groups excluding carboxylic acids is 1. The number of methoxy groups -OCH3 is 1. The van der Waals surface area contributed by atoms with Crippen LogP contribution in [0.15, 0.2) is 47.5 Å². The summed E-state index contributed by atoms with van der Waals surface area (Å²) in [5.41, 5.74) is 9.24. The molecule has 196 valence electrons. The minimum Gasteiger partial charge on any atom is -0.496 e. The van der Waals surface area contributed by atoms with Gasteiger partial charge in [0, 0.05) is 23.8 Å². The van der Waals surface area contributed by atoms with Crippen LogP contribution < -0.4 is 20.1 Å². The third kappa shape index (κ3) is 4.73. The maximum absolute atomic E-state index is 13.4. The molecule has 0 bridgehead atoms. The van der Waals surface area contributed by atoms with Gasteiger partial charge in [-0.3, -0.25) is 4.79 Å². The van der Waals surface area contributed by atoms with Gasteiger partial charge in [-0.25, -0.2) is 23.1 Å². The van der Waals surface area contributed by atoms with E-state index < -0.39 is 15.9 Å². The van der Waals surface area contributed by atoms with Crippen molar-refractivity contribution in [2.24, 2.45) is 5.92 Å². The zero-order chi connectivity index (χ0) is 27.1. The minimum atomic E-state index is -4.25. The van der Waals surface area contributed by atoms with Gasteiger partial charge in [-0.1, -0.05) is 6.92 Å². The van der Waals surface area contributed by atoms with Crippen LogP contribution in [0.1, 0.15) is 48.7 Å². The van der Waals surface area contributed by atoms with Gasteiger partial charge in [-0.2, -0.15) is 0 Å². The summed E-state index contributed by atoms with van der Waals surface area (Å²) in [6, 6.07) is 9.97. The monoisotopic (exact) mass is 523 g/mol. The van der Waals surface area contributed by atoms with Crippen LogP contribution in [0.4, 0.5) is 11.6 Å².